The van der Waals surface area contributed by atoms with Gasteiger partial charge < -0.3 is 9.72 Å². The van der Waals surface area contributed by atoms with Gasteiger partial charge in [0.05, 0.1) is 5.02 Å². The summed E-state index contributed by atoms with van der Waals surface area (Å²) in [6.07, 6.45) is 1.55. The standard InChI is InChI=1S/C13H12ClNO2/c1-9-4-2-3-5-10(9)8-17-13(16)12-6-11(14)7-15-12/h2-7,15H,8H2,1H3. The van der Waals surface area contributed by atoms with E-state index in [1.165, 1.54) is 0 Å². The Hall–Kier alpha value is -1.74. The Kier molecular flexibility index (Phi) is 3.49. The molecule has 0 saturated carbocycles. The molecule has 1 N–H and O–H groups in total. The van der Waals surface area contributed by atoms with Gasteiger partial charge in [-0.05, 0) is 24.1 Å². The topological polar surface area (TPSA) is 42.1 Å². The molecule has 0 fully saturated rings. The Morgan fingerprint density at radius 2 is 2.18 bits per heavy atom. The molecule has 17 heavy (non-hydrogen) atoms. The van der Waals surface area contributed by atoms with E-state index >= 15 is 0 Å². The van der Waals surface area contributed by atoms with Gasteiger partial charge in [0.2, 0.25) is 0 Å². The Morgan fingerprint density at radius 3 is 2.82 bits per heavy atom. The number of carbonyl (C=O) groups excluding carboxylic acids is 1. The zero-order valence-corrected chi connectivity index (χ0v) is 10.1. The lowest BCUT2D eigenvalue weighted by molar-refractivity contribution is 0.0466. The molecule has 0 aliphatic heterocycles. The van der Waals surface area contributed by atoms with Gasteiger partial charge in [-0.25, -0.2) is 4.79 Å². The summed E-state index contributed by atoms with van der Waals surface area (Å²) in [5.41, 5.74) is 2.46. The molecule has 4 heteroatoms. The quantitative estimate of drug-likeness (QED) is 0.848. The van der Waals surface area contributed by atoms with Gasteiger partial charge in [0, 0.05) is 6.20 Å². The summed E-state index contributed by atoms with van der Waals surface area (Å²) in [6, 6.07) is 9.33. The van der Waals surface area contributed by atoms with Crippen LogP contribution in [0.25, 0.3) is 0 Å². The zero-order valence-electron chi connectivity index (χ0n) is 9.37. The van der Waals surface area contributed by atoms with Gasteiger partial charge in [-0.1, -0.05) is 35.9 Å². The number of nitrogens with one attached hydrogen (secondary N) is 1. The first kappa shape index (κ1) is 11.7. The maximum Gasteiger partial charge on any atom is 0.355 e. The second-order valence-corrected chi connectivity index (χ2v) is 4.17. The van der Waals surface area contributed by atoms with Crippen molar-refractivity contribution in [2.45, 2.75) is 13.5 Å². The largest absolute Gasteiger partial charge is 0.456 e. The molecule has 2 aromatic rings. The van der Waals surface area contributed by atoms with Crippen LogP contribution < -0.4 is 0 Å². The number of ether oxygens (including phenoxy) is 1. The predicted molar refractivity (Wildman–Crippen MR) is 66.1 cm³/mol. The highest BCUT2D eigenvalue weighted by Gasteiger charge is 2.10. The van der Waals surface area contributed by atoms with Crippen LogP contribution in [0, 0.1) is 6.92 Å². The Balaban J connectivity index is 1.99. The fourth-order valence-electron chi connectivity index (χ4n) is 1.48. The van der Waals surface area contributed by atoms with Crippen molar-refractivity contribution in [3.63, 3.8) is 0 Å². The molecule has 0 aliphatic rings. The van der Waals surface area contributed by atoms with Gasteiger partial charge in [0.25, 0.3) is 0 Å². The molecule has 0 unspecified atom stereocenters. The van der Waals surface area contributed by atoms with E-state index in [4.69, 9.17) is 16.3 Å². The summed E-state index contributed by atoms with van der Waals surface area (Å²) < 4.78 is 5.18. The first-order chi connectivity index (χ1) is 8.16. The van der Waals surface area contributed by atoms with Crippen LogP contribution in [0.3, 0.4) is 0 Å². The van der Waals surface area contributed by atoms with Crippen molar-refractivity contribution >= 4 is 17.6 Å². The van der Waals surface area contributed by atoms with Crippen LogP contribution in [0.5, 0.6) is 0 Å². The number of hydrogen-bond donors (Lipinski definition) is 1. The molecule has 1 heterocycles. The van der Waals surface area contributed by atoms with Crippen LogP contribution in [-0.4, -0.2) is 11.0 Å². The van der Waals surface area contributed by atoms with E-state index in [0.717, 1.165) is 11.1 Å². The minimum absolute atomic E-state index is 0.266. The van der Waals surface area contributed by atoms with E-state index in [9.17, 15) is 4.79 Å². The van der Waals surface area contributed by atoms with Crippen molar-refractivity contribution in [2.75, 3.05) is 0 Å². The van der Waals surface area contributed by atoms with E-state index in [1.54, 1.807) is 12.3 Å². The molecule has 0 bridgehead atoms. The average molecular weight is 250 g/mol. The smallest absolute Gasteiger partial charge is 0.355 e. The van der Waals surface area contributed by atoms with Crippen molar-refractivity contribution in [1.82, 2.24) is 4.98 Å². The van der Waals surface area contributed by atoms with Crippen molar-refractivity contribution in [2.24, 2.45) is 0 Å². The van der Waals surface area contributed by atoms with E-state index in [-0.39, 0.29) is 6.61 Å². The third-order valence-corrected chi connectivity index (χ3v) is 2.71. The van der Waals surface area contributed by atoms with Gasteiger partial charge in [-0.2, -0.15) is 0 Å². The number of benzene rings is 1. The summed E-state index contributed by atoms with van der Waals surface area (Å²) in [5.74, 6) is -0.403. The second kappa shape index (κ2) is 5.06. The molecular formula is C13H12ClNO2. The fraction of sp³-hybridized carbons (Fsp3) is 0.154. The van der Waals surface area contributed by atoms with E-state index < -0.39 is 5.97 Å². The van der Waals surface area contributed by atoms with Crippen molar-refractivity contribution < 1.29 is 9.53 Å². The average Bonchev–Trinajstić information content (AvgIpc) is 2.74. The maximum atomic E-state index is 11.6. The highest BCUT2D eigenvalue weighted by Crippen LogP contribution is 2.13. The van der Waals surface area contributed by atoms with Gasteiger partial charge in [-0.15, -0.1) is 0 Å². The normalized spacial score (nSPS) is 10.2. The second-order valence-electron chi connectivity index (χ2n) is 3.73. The van der Waals surface area contributed by atoms with Crippen LogP contribution in [0.15, 0.2) is 36.5 Å². The predicted octanol–water partition coefficient (Wildman–Crippen LogP) is 3.33. The molecule has 3 nitrogen and oxygen atoms in total. The lowest BCUT2D eigenvalue weighted by atomic mass is 10.1. The maximum absolute atomic E-state index is 11.6. The Morgan fingerprint density at radius 1 is 1.41 bits per heavy atom. The summed E-state index contributed by atoms with van der Waals surface area (Å²) >= 11 is 5.71. The van der Waals surface area contributed by atoms with E-state index in [1.807, 2.05) is 31.2 Å². The SMILES string of the molecule is Cc1ccccc1COC(=O)c1cc(Cl)c[nH]1. The molecule has 0 spiro atoms. The third kappa shape index (κ3) is 2.88. The molecule has 1 aromatic heterocycles. The van der Waals surface area contributed by atoms with Gasteiger partial charge in [0.15, 0.2) is 0 Å². The number of aromatic amines is 1. The molecule has 0 amide bonds. The summed E-state index contributed by atoms with van der Waals surface area (Å²) in [7, 11) is 0. The first-order valence-electron chi connectivity index (χ1n) is 5.22. The highest BCUT2D eigenvalue weighted by atomic mass is 35.5. The van der Waals surface area contributed by atoms with E-state index in [0.29, 0.717) is 10.7 Å². The number of aromatic nitrogens is 1. The van der Waals surface area contributed by atoms with Gasteiger partial charge in [0.1, 0.15) is 12.3 Å². The molecule has 0 saturated heterocycles. The molecule has 0 aliphatic carbocycles. The zero-order chi connectivity index (χ0) is 12.3. The van der Waals surface area contributed by atoms with Crippen molar-refractivity contribution in [1.29, 1.82) is 0 Å². The van der Waals surface area contributed by atoms with Crippen LogP contribution in [0.2, 0.25) is 5.02 Å². The number of H-pyrrole nitrogens is 1. The van der Waals surface area contributed by atoms with Crippen molar-refractivity contribution in [3.8, 4) is 0 Å². The first-order valence-corrected chi connectivity index (χ1v) is 5.60. The molecular weight excluding hydrogens is 238 g/mol. The highest BCUT2D eigenvalue weighted by molar-refractivity contribution is 6.30. The van der Waals surface area contributed by atoms with Crippen LogP contribution in [0.1, 0.15) is 21.6 Å². The van der Waals surface area contributed by atoms with Crippen molar-refractivity contribution in [3.05, 3.63) is 58.4 Å². The number of aryl methyl sites for hydroxylation is 1. The van der Waals surface area contributed by atoms with Crippen LogP contribution in [-0.2, 0) is 11.3 Å². The van der Waals surface area contributed by atoms with Gasteiger partial charge in [-0.3, -0.25) is 0 Å². The Bertz CT molecular complexity index is 534. The molecule has 0 atom stereocenters. The number of hydrogen-bond acceptors (Lipinski definition) is 2. The van der Waals surface area contributed by atoms with Crippen LogP contribution in [0.4, 0.5) is 0 Å². The van der Waals surface area contributed by atoms with Gasteiger partial charge >= 0.3 is 5.97 Å². The van der Waals surface area contributed by atoms with E-state index in [2.05, 4.69) is 4.98 Å². The number of esters is 1. The molecule has 2 rings (SSSR count). The molecule has 0 radical (unpaired) electrons. The molecule has 88 valence electrons. The third-order valence-electron chi connectivity index (χ3n) is 2.49. The minimum atomic E-state index is -0.403. The fourth-order valence-corrected chi connectivity index (χ4v) is 1.64. The number of rotatable bonds is 3. The summed E-state index contributed by atoms with van der Waals surface area (Å²) in [5, 5.41) is 0.493. The lowest BCUT2D eigenvalue weighted by Crippen LogP contribution is -2.06. The monoisotopic (exact) mass is 249 g/mol. The Labute approximate surface area is 104 Å². The minimum Gasteiger partial charge on any atom is -0.456 e. The number of halogens is 1. The lowest BCUT2D eigenvalue weighted by Gasteiger charge is -2.06. The van der Waals surface area contributed by atoms with Crippen LogP contribution >= 0.6 is 11.6 Å². The molecule has 1 aromatic carbocycles. The summed E-state index contributed by atoms with van der Waals surface area (Å²) in [4.78, 5) is 14.4. The summed E-state index contributed by atoms with van der Waals surface area (Å²) in [6.45, 7) is 2.25. The number of carbonyl (C=O) groups is 1.